The number of aromatic nitrogens is 4. The highest BCUT2D eigenvalue weighted by Gasteiger charge is 2.32. The molecular weight excluding hydrogens is 538 g/mol. The van der Waals surface area contributed by atoms with E-state index in [2.05, 4.69) is 48.7 Å². The molecule has 1 aliphatic carbocycles. The van der Waals surface area contributed by atoms with Crippen LogP contribution >= 0.6 is 0 Å². The first kappa shape index (κ1) is 26.6. The SMILES string of the molecule is CN(C)CCCNC(=O)c1ccc2nc(-c3cccc4c3-c3ccccc3C4NC(=O)c3ccnc4[nH]ccc34)[nH]c2c1. The van der Waals surface area contributed by atoms with Crippen molar-refractivity contribution in [2.45, 2.75) is 12.5 Å². The molecule has 3 aromatic heterocycles. The molecule has 1 unspecified atom stereocenters. The van der Waals surface area contributed by atoms with Crippen LogP contribution in [-0.2, 0) is 0 Å². The van der Waals surface area contributed by atoms with Crippen molar-refractivity contribution < 1.29 is 9.59 Å². The van der Waals surface area contributed by atoms with E-state index in [0.29, 0.717) is 29.1 Å². The number of pyridine rings is 1. The number of amides is 2. The van der Waals surface area contributed by atoms with E-state index < -0.39 is 0 Å². The van der Waals surface area contributed by atoms with E-state index in [9.17, 15) is 9.59 Å². The van der Waals surface area contributed by atoms with E-state index in [-0.39, 0.29) is 17.9 Å². The third-order valence-electron chi connectivity index (χ3n) is 8.00. The average molecular weight is 570 g/mol. The number of nitrogens with one attached hydrogen (secondary N) is 4. The van der Waals surface area contributed by atoms with Gasteiger partial charge in [0.1, 0.15) is 11.5 Å². The summed E-state index contributed by atoms with van der Waals surface area (Å²) in [6.45, 7) is 1.53. The normalized spacial score (nSPS) is 13.8. The van der Waals surface area contributed by atoms with Crippen LogP contribution in [0.3, 0.4) is 0 Å². The van der Waals surface area contributed by atoms with Crippen molar-refractivity contribution in [3.05, 3.63) is 107 Å². The van der Waals surface area contributed by atoms with Gasteiger partial charge in [-0.15, -0.1) is 0 Å². The van der Waals surface area contributed by atoms with Crippen molar-refractivity contribution in [3.63, 3.8) is 0 Å². The molecule has 7 rings (SSSR count). The quantitative estimate of drug-likeness (QED) is 0.186. The number of carbonyl (C=O) groups excluding carboxylic acids is 2. The van der Waals surface area contributed by atoms with Crippen LogP contribution in [0.4, 0.5) is 0 Å². The van der Waals surface area contributed by atoms with Crippen molar-refractivity contribution in [1.29, 1.82) is 0 Å². The maximum atomic E-state index is 13.6. The van der Waals surface area contributed by atoms with Crippen molar-refractivity contribution >= 4 is 33.9 Å². The van der Waals surface area contributed by atoms with Gasteiger partial charge in [0.15, 0.2) is 0 Å². The van der Waals surface area contributed by atoms with Crippen LogP contribution in [0.1, 0.15) is 44.3 Å². The van der Waals surface area contributed by atoms with Gasteiger partial charge >= 0.3 is 0 Å². The molecule has 0 bridgehead atoms. The van der Waals surface area contributed by atoms with E-state index in [1.54, 1.807) is 18.5 Å². The van der Waals surface area contributed by atoms with Crippen LogP contribution in [0.5, 0.6) is 0 Å². The number of carbonyl (C=O) groups is 2. The van der Waals surface area contributed by atoms with Crippen LogP contribution in [0, 0.1) is 0 Å². The van der Waals surface area contributed by atoms with Crippen molar-refractivity contribution in [2.75, 3.05) is 27.2 Å². The first-order valence-corrected chi connectivity index (χ1v) is 14.4. The van der Waals surface area contributed by atoms with Crippen LogP contribution in [0.15, 0.2) is 85.2 Å². The molecule has 2 amide bonds. The minimum atomic E-state index is -0.326. The smallest absolute Gasteiger partial charge is 0.252 e. The standard InChI is InChI=1S/C34H31N7O2/c1-41(2)18-6-15-37-33(42)20-11-12-27-28(19-20)39-32(38-27)26-10-5-9-25-29(26)21-7-3-4-8-22(21)30(25)40-34(43)24-14-17-36-31-23(24)13-16-35-31/h3-5,7-14,16-17,19,30H,6,15,18H2,1-2H3,(H,35,36)(H,37,42)(H,38,39)(H,40,43). The molecule has 9 nitrogen and oxygen atoms in total. The van der Waals surface area contributed by atoms with Gasteiger partial charge in [0.05, 0.1) is 22.6 Å². The summed E-state index contributed by atoms with van der Waals surface area (Å²) in [7, 11) is 4.04. The summed E-state index contributed by atoms with van der Waals surface area (Å²) in [6.07, 6.45) is 4.32. The number of fused-ring (bicyclic) bond motifs is 5. The summed E-state index contributed by atoms with van der Waals surface area (Å²) in [5.41, 5.74) is 8.46. The van der Waals surface area contributed by atoms with Crippen molar-refractivity contribution in [2.24, 2.45) is 0 Å². The Labute approximate surface area is 248 Å². The number of nitrogens with zero attached hydrogens (tertiary/aromatic N) is 3. The third-order valence-corrected chi connectivity index (χ3v) is 8.00. The van der Waals surface area contributed by atoms with Gasteiger partial charge in [-0.2, -0.15) is 0 Å². The number of hydrogen-bond donors (Lipinski definition) is 4. The Hall–Kier alpha value is -5.28. The molecule has 6 aromatic rings. The van der Waals surface area contributed by atoms with Gasteiger partial charge in [-0.1, -0.05) is 42.5 Å². The number of benzene rings is 3. The highest BCUT2D eigenvalue weighted by Crippen LogP contribution is 2.47. The maximum Gasteiger partial charge on any atom is 0.252 e. The van der Waals surface area contributed by atoms with Gasteiger partial charge < -0.3 is 25.5 Å². The molecular formula is C34H31N7O2. The first-order chi connectivity index (χ1) is 21.0. The molecule has 0 spiro atoms. The highest BCUT2D eigenvalue weighted by molar-refractivity contribution is 6.06. The fourth-order valence-corrected chi connectivity index (χ4v) is 5.95. The summed E-state index contributed by atoms with van der Waals surface area (Å²) in [5, 5.41) is 7.07. The lowest BCUT2D eigenvalue weighted by Gasteiger charge is -2.16. The van der Waals surface area contributed by atoms with Crippen LogP contribution in [0.25, 0.3) is 44.6 Å². The van der Waals surface area contributed by atoms with Gasteiger partial charge in [-0.05, 0) is 79.6 Å². The molecule has 1 atom stereocenters. The molecule has 0 saturated carbocycles. The van der Waals surface area contributed by atoms with E-state index in [1.165, 1.54) is 0 Å². The minimum Gasteiger partial charge on any atom is -0.352 e. The van der Waals surface area contributed by atoms with Crippen LogP contribution in [0.2, 0.25) is 0 Å². The molecule has 4 N–H and O–H groups in total. The Morgan fingerprint density at radius 3 is 2.65 bits per heavy atom. The lowest BCUT2D eigenvalue weighted by Crippen LogP contribution is -2.28. The summed E-state index contributed by atoms with van der Waals surface area (Å²) in [4.78, 5) is 44.2. The first-order valence-electron chi connectivity index (χ1n) is 14.4. The fraction of sp³-hybridized carbons (Fsp3) is 0.176. The predicted molar refractivity (Wildman–Crippen MR) is 168 cm³/mol. The second kappa shape index (κ2) is 10.8. The monoisotopic (exact) mass is 569 g/mol. The van der Waals surface area contributed by atoms with E-state index in [0.717, 1.165) is 57.2 Å². The Kier molecular flexibility index (Phi) is 6.71. The second-order valence-corrected chi connectivity index (χ2v) is 11.1. The van der Waals surface area contributed by atoms with Crippen LogP contribution in [-0.4, -0.2) is 63.8 Å². The summed E-state index contributed by atoms with van der Waals surface area (Å²) in [5.74, 6) is 0.442. The molecule has 0 saturated heterocycles. The third kappa shape index (κ3) is 4.83. The summed E-state index contributed by atoms with van der Waals surface area (Å²) < 4.78 is 0. The minimum absolute atomic E-state index is 0.101. The lowest BCUT2D eigenvalue weighted by atomic mass is 9.98. The Morgan fingerprint density at radius 1 is 0.930 bits per heavy atom. The number of hydrogen-bond acceptors (Lipinski definition) is 5. The summed E-state index contributed by atoms with van der Waals surface area (Å²) in [6, 6.07) is 23.1. The second-order valence-electron chi connectivity index (χ2n) is 11.1. The molecule has 1 aliphatic rings. The van der Waals surface area contributed by atoms with E-state index in [4.69, 9.17) is 4.98 Å². The zero-order chi connectivity index (χ0) is 29.5. The number of aromatic amines is 2. The molecule has 0 aliphatic heterocycles. The molecule has 3 heterocycles. The van der Waals surface area contributed by atoms with Crippen LogP contribution < -0.4 is 10.6 Å². The molecule has 214 valence electrons. The van der Waals surface area contributed by atoms with Crippen molar-refractivity contribution in [3.8, 4) is 22.5 Å². The maximum absolute atomic E-state index is 13.6. The Bertz CT molecular complexity index is 2010. The molecule has 0 fully saturated rings. The number of imidazole rings is 1. The summed E-state index contributed by atoms with van der Waals surface area (Å²) >= 11 is 0. The Balaban J connectivity index is 1.21. The van der Waals surface area contributed by atoms with E-state index in [1.807, 2.05) is 62.6 Å². The highest BCUT2D eigenvalue weighted by atomic mass is 16.2. The molecule has 3 aromatic carbocycles. The Morgan fingerprint density at radius 2 is 1.77 bits per heavy atom. The van der Waals surface area contributed by atoms with Gasteiger partial charge in [0.25, 0.3) is 11.8 Å². The topological polar surface area (TPSA) is 119 Å². The zero-order valence-electron chi connectivity index (χ0n) is 23.9. The molecule has 0 radical (unpaired) electrons. The van der Waals surface area contributed by atoms with Gasteiger partial charge in [0.2, 0.25) is 0 Å². The average Bonchev–Trinajstić information content (AvgIpc) is 3.75. The largest absolute Gasteiger partial charge is 0.352 e. The van der Waals surface area contributed by atoms with E-state index >= 15 is 0 Å². The fourth-order valence-electron chi connectivity index (χ4n) is 5.95. The zero-order valence-corrected chi connectivity index (χ0v) is 23.9. The number of H-pyrrole nitrogens is 2. The molecule has 9 heteroatoms. The molecule has 43 heavy (non-hydrogen) atoms. The predicted octanol–water partition coefficient (Wildman–Crippen LogP) is 5.29. The lowest BCUT2D eigenvalue weighted by molar-refractivity contribution is 0.0940. The van der Waals surface area contributed by atoms with Gasteiger partial charge in [-0.25, -0.2) is 9.97 Å². The van der Waals surface area contributed by atoms with Gasteiger partial charge in [0, 0.05) is 35.5 Å². The van der Waals surface area contributed by atoms with Gasteiger partial charge in [-0.3, -0.25) is 9.59 Å². The number of rotatable bonds is 8. The van der Waals surface area contributed by atoms with Crippen molar-refractivity contribution in [1.82, 2.24) is 35.5 Å².